The number of aromatic nitrogens is 2. The van der Waals surface area contributed by atoms with Gasteiger partial charge in [0.2, 0.25) is 10.9 Å². The lowest BCUT2D eigenvalue weighted by atomic mass is 9.85. The summed E-state index contributed by atoms with van der Waals surface area (Å²) in [5, 5.41) is 11.7. The van der Waals surface area contributed by atoms with Gasteiger partial charge in [-0.05, 0) is 49.2 Å². The Kier molecular flexibility index (Phi) is 5.45. The number of halogens is 1. The number of nitrogens with one attached hydrogen (secondary N) is 1. The van der Waals surface area contributed by atoms with Crippen LogP contribution < -0.4 is 16.0 Å². The summed E-state index contributed by atoms with van der Waals surface area (Å²) in [5.74, 6) is -1.42. The molecule has 0 bridgehead atoms. The number of nitrogens with zero attached hydrogens (tertiary/aromatic N) is 3. The van der Waals surface area contributed by atoms with Crippen molar-refractivity contribution >= 4 is 34.5 Å². The number of hydrogen-bond acceptors (Lipinski definition) is 6. The second-order valence-electron chi connectivity index (χ2n) is 7.19. The van der Waals surface area contributed by atoms with Crippen molar-refractivity contribution in [3.63, 3.8) is 0 Å². The normalized spacial score (nSPS) is 18.0. The first-order chi connectivity index (χ1) is 14.4. The van der Waals surface area contributed by atoms with Crippen LogP contribution in [0.3, 0.4) is 0 Å². The summed E-state index contributed by atoms with van der Waals surface area (Å²) in [6, 6.07) is 13.3. The van der Waals surface area contributed by atoms with Gasteiger partial charge in [-0.1, -0.05) is 29.5 Å². The Hall–Kier alpha value is -3.33. The van der Waals surface area contributed by atoms with E-state index in [2.05, 4.69) is 20.4 Å². The van der Waals surface area contributed by atoms with E-state index in [1.807, 2.05) is 31.2 Å². The predicted molar refractivity (Wildman–Crippen MR) is 113 cm³/mol. The highest BCUT2D eigenvalue weighted by Gasteiger charge is 2.33. The fourth-order valence-corrected chi connectivity index (χ4v) is 4.39. The van der Waals surface area contributed by atoms with Crippen molar-refractivity contribution in [1.29, 1.82) is 0 Å². The largest absolute Gasteiger partial charge is 0.369 e. The maximum atomic E-state index is 13.0. The number of hydrogen-bond donors (Lipinski definition) is 2. The smallest absolute Gasteiger partial charge is 0.286 e. The van der Waals surface area contributed by atoms with Crippen molar-refractivity contribution in [2.45, 2.75) is 31.8 Å². The molecule has 2 aromatic carbocycles. The number of para-hydroxylation sites is 1. The fraction of sp³-hybridized carbons (Fsp3) is 0.238. The summed E-state index contributed by atoms with van der Waals surface area (Å²) in [4.78, 5) is 26.5. The van der Waals surface area contributed by atoms with Crippen molar-refractivity contribution in [1.82, 2.24) is 10.2 Å². The number of carbonyl (C=O) groups is 2. The third kappa shape index (κ3) is 4.02. The van der Waals surface area contributed by atoms with E-state index in [1.54, 1.807) is 0 Å². The molecular weight excluding hydrogens is 405 g/mol. The van der Waals surface area contributed by atoms with Gasteiger partial charge in [0.05, 0.1) is 12.5 Å². The number of nitrogens with two attached hydrogens (primary N) is 1. The van der Waals surface area contributed by atoms with Crippen molar-refractivity contribution < 1.29 is 14.0 Å². The summed E-state index contributed by atoms with van der Waals surface area (Å²) in [6.45, 7) is 2.50. The average molecular weight is 425 g/mol. The van der Waals surface area contributed by atoms with E-state index in [0.29, 0.717) is 23.7 Å². The van der Waals surface area contributed by atoms with E-state index in [1.165, 1.54) is 35.6 Å². The van der Waals surface area contributed by atoms with Crippen molar-refractivity contribution in [2.24, 2.45) is 5.73 Å². The highest BCUT2D eigenvalue weighted by molar-refractivity contribution is 7.13. The van der Waals surface area contributed by atoms with Crippen LogP contribution in [0.1, 0.15) is 39.6 Å². The summed E-state index contributed by atoms with van der Waals surface area (Å²) in [5.41, 5.74) is 7.93. The minimum absolute atomic E-state index is 0.0674. The number of benzene rings is 2. The molecule has 0 radical (unpaired) electrons. The van der Waals surface area contributed by atoms with E-state index in [9.17, 15) is 14.0 Å². The van der Waals surface area contributed by atoms with Gasteiger partial charge in [0.25, 0.3) is 5.91 Å². The lowest BCUT2D eigenvalue weighted by molar-refractivity contribution is -0.119. The summed E-state index contributed by atoms with van der Waals surface area (Å²) in [7, 11) is 0. The third-order valence-corrected chi connectivity index (χ3v) is 6.05. The Balaban J connectivity index is 1.51. The molecule has 30 heavy (non-hydrogen) atoms. The molecule has 0 fully saturated rings. The second-order valence-corrected chi connectivity index (χ2v) is 8.25. The molecule has 1 aromatic heterocycles. The van der Waals surface area contributed by atoms with Crippen LogP contribution in [0.2, 0.25) is 0 Å². The molecule has 1 aliphatic heterocycles. The SMILES string of the molecule is C[C@H]1C[C@@H](C(N)=O)c2ccccc2N1Cc1nnc(C(=O)Nc2ccc(F)cc2)s1. The Bertz CT molecular complexity index is 1090. The van der Waals surface area contributed by atoms with Crippen LogP contribution >= 0.6 is 11.3 Å². The lowest BCUT2D eigenvalue weighted by Crippen LogP contribution is -2.41. The molecule has 2 atom stereocenters. The molecule has 154 valence electrons. The molecule has 4 rings (SSSR count). The van der Waals surface area contributed by atoms with Crippen molar-refractivity contribution in [3.8, 4) is 0 Å². The van der Waals surface area contributed by atoms with Gasteiger partial charge >= 0.3 is 0 Å². The summed E-state index contributed by atoms with van der Waals surface area (Å²) in [6.07, 6.45) is 0.614. The van der Waals surface area contributed by atoms with E-state index >= 15 is 0 Å². The monoisotopic (exact) mass is 425 g/mol. The Morgan fingerprint density at radius 3 is 2.67 bits per heavy atom. The van der Waals surface area contributed by atoms with Crippen LogP contribution in [-0.2, 0) is 11.3 Å². The minimum Gasteiger partial charge on any atom is -0.369 e. The first-order valence-corrected chi connectivity index (χ1v) is 10.3. The van der Waals surface area contributed by atoms with Crippen LogP contribution in [-0.4, -0.2) is 28.1 Å². The summed E-state index contributed by atoms with van der Waals surface area (Å²) >= 11 is 1.20. The molecule has 1 aliphatic rings. The molecule has 2 amide bonds. The Morgan fingerprint density at radius 2 is 1.93 bits per heavy atom. The van der Waals surface area contributed by atoms with E-state index < -0.39 is 5.91 Å². The maximum Gasteiger partial charge on any atom is 0.286 e. The van der Waals surface area contributed by atoms with Gasteiger partial charge in [-0.15, -0.1) is 10.2 Å². The zero-order valence-corrected chi connectivity index (χ0v) is 17.0. The highest BCUT2D eigenvalue weighted by Crippen LogP contribution is 2.39. The number of primary amides is 1. The molecule has 0 aliphatic carbocycles. The summed E-state index contributed by atoms with van der Waals surface area (Å²) < 4.78 is 13.0. The lowest BCUT2D eigenvalue weighted by Gasteiger charge is -2.39. The molecule has 0 spiro atoms. The molecule has 7 nitrogen and oxygen atoms in total. The molecule has 3 N–H and O–H groups in total. The second kappa shape index (κ2) is 8.19. The molecular formula is C21H20FN5O2S. The predicted octanol–water partition coefficient (Wildman–Crippen LogP) is 3.30. The zero-order chi connectivity index (χ0) is 21.3. The third-order valence-electron chi connectivity index (χ3n) is 5.14. The van der Waals surface area contributed by atoms with E-state index in [4.69, 9.17) is 5.73 Å². The van der Waals surface area contributed by atoms with Crippen molar-refractivity contribution in [2.75, 3.05) is 10.2 Å². The molecule has 0 unspecified atom stereocenters. The number of rotatable bonds is 5. The van der Waals surface area contributed by atoms with E-state index in [-0.39, 0.29) is 28.7 Å². The number of amides is 2. The first kappa shape index (κ1) is 20.0. The zero-order valence-electron chi connectivity index (χ0n) is 16.2. The average Bonchev–Trinajstić information content (AvgIpc) is 3.20. The molecule has 2 heterocycles. The van der Waals surface area contributed by atoms with Crippen LogP contribution in [0.15, 0.2) is 48.5 Å². The van der Waals surface area contributed by atoms with Crippen LogP contribution in [0.4, 0.5) is 15.8 Å². The molecule has 0 saturated heterocycles. The van der Waals surface area contributed by atoms with E-state index in [0.717, 1.165) is 11.3 Å². The highest BCUT2D eigenvalue weighted by atomic mass is 32.1. The Morgan fingerprint density at radius 1 is 1.20 bits per heavy atom. The number of fused-ring (bicyclic) bond motifs is 1. The topological polar surface area (TPSA) is 101 Å². The van der Waals surface area contributed by atoms with Crippen LogP contribution in [0.5, 0.6) is 0 Å². The molecule has 3 aromatic rings. The van der Waals surface area contributed by atoms with Gasteiger partial charge in [-0.3, -0.25) is 9.59 Å². The molecule has 0 saturated carbocycles. The minimum atomic E-state index is -0.397. The number of carbonyl (C=O) groups excluding carboxylic acids is 2. The number of anilines is 2. The van der Waals surface area contributed by atoms with Gasteiger partial charge in [-0.2, -0.15) is 0 Å². The fourth-order valence-electron chi connectivity index (χ4n) is 3.66. The van der Waals surface area contributed by atoms with Gasteiger partial charge in [0.1, 0.15) is 10.8 Å². The van der Waals surface area contributed by atoms with Crippen LogP contribution in [0, 0.1) is 5.82 Å². The van der Waals surface area contributed by atoms with Crippen molar-refractivity contribution in [3.05, 3.63) is 69.9 Å². The maximum absolute atomic E-state index is 13.0. The van der Waals surface area contributed by atoms with Gasteiger partial charge in [0.15, 0.2) is 0 Å². The van der Waals surface area contributed by atoms with Gasteiger partial charge in [0, 0.05) is 17.4 Å². The first-order valence-electron chi connectivity index (χ1n) is 9.46. The van der Waals surface area contributed by atoms with Crippen LogP contribution in [0.25, 0.3) is 0 Å². The standard InChI is InChI=1S/C21H20FN5O2S/c1-12-10-16(19(23)28)15-4-2-3-5-17(15)27(12)11-18-25-26-21(30-18)20(29)24-14-8-6-13(22)7-9-14/h2-9,12,16H,10-11H2,1H3,(H2,23,28)(H,24,29)/t12-,16+/m0/s1. The Labute approximate surface area is 176 Å². The van der Waals surface area contributed by atoms with Gasteiger partial charge < -0.3 is 16.0 Å². The molecule has 9 heteroatoms. The quantitative estimate of drug-likeness (QED) is 0.653. The van der Waals surface area contributed by atoms with Gasteiger partial charge in [-0.25, -0.2) is 4.39 Å².